The zero-order valence-electron chi connectivity index (χ0n) is 13.5. The summed E-state index contributed by atoms with van der Waals surface area (Å²) in [6.07, 6.45) is 1.48. The van der Waals surface area contributed by atoms with E-state index in [1.807, 2.05) is 19.1 Å². The van der Waals surface area contributed by atoms with Crippen molar-refractivity contribution in [1.82, 2.24) is 15.2 Å². The average Bonchev–Trinajstić information content (AvgIpc) is 2.56. The van der Waals surface area contributed by atoms with Gasteiger partial charge >= 0.3 is 0 Å². The molecule has 0 aliphatic carbocycles. The Hall–Kier alpha value is -1.70. The number of nitrogens with one attached hydrogen (secondary N) is 2. The van der Waals surface area contributed by atoms with Crippen LogP contribution in [0.3, 0.4) is 0 Å². The topological polar surface area (TPSA) is 74.4 Å². The van der Waals surface area contributed by atoms with Crippen molar-refractivity contribution in [1.29, 1.82) is 0 Å². The van der Waals surface area contributed by atoms with E-state index in [4.69, 9.17) is 4.74 Å². The molecule has 7 heteroatoms. The highest BCUT2D eigenvalue weighted by Gasteiger charge is 2.18. The molecule has 24 heavy (non-hydrogen) atoms. The van der Waals surface area contributed by atoms with Gasteiger partial charge in [0.25, 0.3) is 5.91 Å². The summed E-state index contributed by atoms with van der Waals surface area (Å²) in [7, 11) is 0. The van der Waals surface area contributed by atoms with E-state index in [-0.39, 0.29) is 22.9 Å². The lowest BCUT2D eigenvalue weighted by atomic mass is 10.1. The Bertz CT molecular complexity index is 799. The van der Waals surface area contributed by atoms with Crippen LogP contribution in [0.1, 0.15) is 17.3 Å². The van der Waals surface area contributed by atoms with E-state index in [9.17, 15) is 9.59 Å². The predicted molar refractivity (Wildman–Crippen MR) is 96.5 cm³/mol. The maximum atomic E-state index is 12.6. The van der Waals surface area contributed by atoms with E-state index >= 15 is 0 Å². The second kappa shape index (κ2) is 7.46. The molecule has 1 atom stereocenters. The number of pyridine rings is 1. The first-order valence-electron chi connectivity index (χ1n) is 7.96. The summed E-state index contributed by atoms with van der Waals surface area (Å²) in [5.74, 6) is -0.348. The number of carbonyl (C=O) groups is 1. The van der Waals surface area contributed by atoms with Crippen molar-refractivity contribution in [3.63, 3.8) is 0 Å². The van der Waals surface area contributed by atoms with E-state index in [1.165, 1.54) is 6.20 Å². The van der Waals surface area contributed by atoms with Crippen LogP contribution in [0.25, 0.3) is 10.9 Å². The summed E-state index contributed by atoms with van der Waals surface area (Å²) >= 11 is 3.35. The third kappa shape index (κ3) is 3.85. The van der Waals surface area contributed by atoms with Crippen LogP contribution in [0.15, 0.2) is 33.7 Å². The molecular formula is C17H20BrN3O3. The van der Waals surface area contributed by atoms with Gasteiger partial charge in [-0.3, -0.25) is 14.5 Å². The Morgan fingerprint density at radius 2 is 2.17 bits per heavy atom. The minimum atomic E-state index is -0.348. The average molecular weight is 394 g/mol. The Kier molecular flexibility index (Phi) is 5.33. The van der Waals surface area contributed by atoms with Crippen LogP contribution in [0.4, 0.5) is 0 Å². The monoisotopic (exact) mass is 393 g/mol. The molecule has 0 bridgehead atoms. The number of morpholine rings is 1. The highest BCUT2D eigenvalue weighted by Crippen LogP contribution is 2.15. The molecule has 1 aromatic heterocycles. The minimum absolute atomic E-state index is 0.0480. The van der Waals surface area contributed by atoms with Gasteiger partial charge in [0.15, 0.2) is 0 Å². The van der Waals surface area contributed by atoms with Gasteiger partial charge in [-0.15, -0.1) is 0 Å². The normalized spacial score (nSPS) is 16.9. The summed E-state index contributed by atoms with van der Waals surface area (Å²) in [4.78, 5) is 30.3. The molecule has 0 saturated carbocycles. The summed E-state index contributed by atoms with van der Waals surface area (Å²) < 4.78 is 6.12. The van der Waals surface area contributed by atoms with E-state index in [0.717, 1.165) is 37.3 Å². The highest BCUT2D eigenvalue weighted by molar-refractivity contribution is 9.10. The number of fused-ring (bicyclic) bond motifs is 1. The first kappa shape index (κ1) is 17.1. The van der Waals surface area contributed by atoms with Gasteiger partial charge < -0.3 is 15.0 Å². The van der Waals surface area contributed by atoms with Gasteiger partial charge in [0.05, 0.1) is 13.2 Å². The van der Waals surface area contributed by atoms with Gasteiger partial charge in [-0.25, -0.2) is 0 Å². The van der Waals surface area contributed by atoms with Crippen LogP contribution in [0, 0.1) is 0 Å². The number of H-pyrrole nitrogens is 1. The van der Waals surface area contributed by atoms with Crippen LogP contribution in [-0.2, 0) is 4.74 Å². The minimum Gasteiger partial charge on any atom is -0.379 e. The summed E-state index contributed by atoms with van der Waals surface area (Å²) in [5.41, 5.74) is 0.580. The lowest BCUT2D eigenvalue weighted by Crippen LogP contribution is -2.46. The van der Waals surface area contributed by atoms with Gasteiger partial charge in [0.2, 0.25) is 5.43 Å². The van der Waals surface area contributed by atoms with Gasteiger partial charge in [-0.1, -0.05) is 15.9 Å². The number of rotatable bonds is 4. The van der Waals surface area contributed by atoms with Crippen molar-refractivity contribution in [3.8, 4) is 0 Å². The summed E-state index contributed by atoms with van der Waals surface area (Å²) in [5, 5.41) is 3.41. The Labute approximate surface area is 148 Å². The van der Waals surface area contributed by atoms with Crippen molar-refractivity contribution < 1.29 is 9.53 Å². The van der Waals surface area contributed by atoms with Gasteiger partial charge in [0, 0.05) is 47.2 Å². The molecule has 1 amide bonds. The standard InChI is InChI=1S/C17H20BrN3O3/c1-11(10-21-4-6-24-7-5-21)20-17(23)14-9-19-15-3-2-12(18)8-13(15)16(14)22/h2-3,8-9,11H,4-7,10H2,1H3,(H,19,22)(H,20,23)/t11-/m1/s1. The molecule has 1 aliphatic rings. The van der Waals surface area contributed by atoms with Gasteiger partial charge in [-0.05, 0) is 25.1 Å². The number of aromatic amines is 1. The molecule has 0 radical (unpaired) electrons. The molecule has 2 aromatic rings. The molecule has 0 spiro atoms. The van der Waals surface area contributed by atoms with E-state index in [1.54, 1.807) is 6.07 Å². The molecule has 0 unspecified atom stereocenters. The number of aromatic nitrogens is 1. The van der Waals surface area contributed by atoms with Crippen LogP contribution in [0.2, 0.25) is 0 Å². The first-order chi connectivity index (χ1) is 11.5. The van der Waals surface area contributed by atoms with Crippen molar-refractivity contribution >= 4 is 32.7 Å². The number of hydrogen-bond acceptors (Lipinski definition) is 4. The number of nitrogens with zero attached hydrogens (tertiary/aromatic N) is 1. The van der Waals surface area contributed by atoms with Crippen LogP contribution >= 0.6 is 15.9 Å². The zero-order chi connectivity index (χ0) is 17.1. The fourth-order valence-electron chi connectivity index (χ4n) is 2.88. The molecule has 2 N–H and O–H groups in total. The Morgan fingerprint density at radius 1 is 1.42 bits per heavy atom. The largest absolute Gasteiger partial charge is 0.379 e. The van der Waals surface area contributed by atoms with Crippen molar-refractivity contribution in [2.75, 3.05) is 32.8 Å². The third-order valence-electron chi connectivity index (χ3n) is 4.10. The van der Waals surface area contributed by atoms with Crippen LogP contribution in [-0.4, -0.2) is 54.7 Å². The molecule has 2 heterocycles. The van der Waals surface area contributed by atoms with E-state index in [0.29, 0.717) is 10.9 Å². The number of halogens is 1. The number of carbonyl (C=O) groups excluding carboxylic acids is 1. The molecule has 1 aliphatic heterocycles. The maximum Gasteiger partial charge on any atom is 0.257 e. The third-order valence-corrected chi connectivity index (χ3v) is 4.59. The van der Waals surface area contributed by atoms with Gasteiger partial charge in [-0.2, -0.15) is 0 Å². The number of amides is 1. The highest BCUT2D eigenvalue weighted by atomic mass is 79.9. The second-order valence-corrected chi connectivity index (χ2v) is 6.92. The molecule has 1 saturated heterocycles. The molecule has 128 valence electrons. The fourth-order valence-corrected chi connectivity index (χ4v) is 3.24. The fraction of sp³-hybridized carbons (Fsp3) is 0.412. The zero-order valence-corrected chi connectivity index (χ0v) is 15.1. The molecule has 1 fully saturated rings. The quantitative estimate of drug-likeness (QED) is 0.829. The van der Waals surface area contributed by atoms with Crippen molar-refractivity contribution in [2.45, 2.75) is 13.0 Å². The molecule has 1 aromatic carbocycles. The van der Waals surface area contributed by atoms with Gasteiger partial charge in [0.1, 0.15) is 5.56 Å². The number of ether oxygens (including phenoxy) is 1. The molecular weight excluding hydrogens is 374 g/mol. The molecule has 6 nitrogen and oxygen atoms in total. The van der Waals surface area contributed by atoms with Crippen LogP contribution < -0.4 is 10.7 Å². The second-order valence-electron chi connectivity index (χ2n) is 6.01. The van der Waals surface area contributed by atoms with E-state index < -0.39 is 0 Å². The first-order valence-corrected chi connectivity index (χ1v) is 8.76. The maximum absolute atomic E-state index is 12.6. The van der Waals surface area contributed by atoms with Crippen molar-refractivity contribution in [2.24, 2.45) is 0 Å². The van der Waals surface area contributed by atoms with Crippen LogP contribution in [0.5, 0.6) is 0 Å². The predicted octanol–water partition coefficient (Wildman–Crippen LogP) is 1.74. The summed E-state index contributed by atoms with van der Waals surface area (Å²) in [6.45, 7) is 5.86. The van der Waals surface area contributed by atoms with E-state index in [2.05, 4.69) is 31.1 Å². The lowest BCUT2D eigenvalue weighted by molar-refractivity contribution is 0.0342. The molecule has 3 rings (SSSR count). The smallest absolute Gasteiger partial charge is 0.257 e. The Balaban J connectivity index is 1.73. The SMILES string of the molecule is C[C@H](CN1CCOCC1)NC(=O)c1c[nH]c2ccc(Br)cc2c1=O. The Morgan fingerprint density at radius 3 is 2.92 bits per heavy atom. The lowest BCUT2D eigenvalue weighted by Gasteiger charge is -2.29. The van der Waals surface area contributed by atoms with Crippen molar-refractivity contribution in [3.05, 3.63) is 44.7 Å². The number of benzene rings is 1. The summed E-state index contributed by atoms with van der Waals surface area (Å²) in [6, 6.07) is 5.34. The number of hydrogen-bond donors (Lipinski definition) is 2.